The lowest BCUT2D eigenvalue weighted by atomic mass is 10.1. The van der Waals surface area contributed by atoms with Crippen LogP contribution in [0, 0.1) is 11.6 Å². The summed E-state index contributed by atoms with van der Waals surface area (Å²) in [4.78, 5) is 20.9. The second-order valence-electron chi connectivity index (χ2n) is 9.13. The number of amides is 2. The van der Waals surface area contributed by atoms with E-state index in [0.29, 0.717) is 29.4 Å². The van der Waals surface area contributed by atoms with Gasteiger partial charge in [0, 0.05) is 37.4 Å². The molecule has 0 unspecified atom stereocenters. The van der Waals surface area contributed by atoms with Crippen LogP contribution >= 0.6 is 0 Å². The van der Waals surface area contributed by atoms with E-state index in [1.807, 2.05) is 4.90 Å². The average Bonchev–Trinajstić information content (AvgIpc) is 3.06. The van der Waals surface area contributed by atoms with Crippen molar-refractivity contribution in [2.24, 2.45) is 4.99 Å². The Kier molecular flexibility index (Phi) is 6.79. The van der Waals surface area contributed by atoms with Gasteiger partial charge < -0.3 is 24.6 Å². The molecule has 2 amide bonds. The topological polar surface area (TPSA) is 66.4 Å². The Balaban J connectivity index is 1.44. The first kappa shape index (κ1) is 26.3. The summed E-state index contributed by atoms with van der Waals surface area (Å²) in [6.07, 6.45) is -4.56. The molecule has 3 aromatic rings. The number of piperazine rings is 1. The molecular weight excluding hydrogens is 523 g/mol. The minimum atomic E-state index is -4.56. The number of hydrogen-bond donors (Lipinski definition) is 1. The van der Waals surface area contributed by atoms with Gasteiger partial charge in [0.1, 0.15) is 23.0 Å². The normalized spacial score (nSPS) is 16.9. The average molecular weight is 546 g/mol. The molecule has 0 saturated carbocycles. The highest BCUT2D eigenvalue weighted by Gasteiger charge is 2.34. The lowest BCUT2D eigenvalue weighted by Gasteiger charge is -2.41. The molecule has 12 heteroatoms. The maximum absolute atomic E-state index is 13.6. The number of anilines is 1. The molecule has 2 aliphatic rings. The van der Waals surface area contributed by atoms with Crippen LogP contribution in [0.2, 0.25) is 0 Å². The van der Waals surface area contributed by atoms with Gasteiger partial charge in [0.2, 0.25) is 0 Å². The number of carbonyl (C=O) groups excluding carboxylic acids is 1. The van der Waals surface area contributed by atoms with E-state index in [0.717, 1.165) is 24.3 Å². The van der Waals surface area contributed by atoms with Gasteiger partial charge in [-0.25, -0.2) is 18.6 Å². The number of fused-ring (bicyclic) bond motifs is 2. The van der Waals surface area contributed by atoms with Crippen molar-refractivity contribution in [1.82, 2.24) is 9.80 Å². The second-order valence-corrected chi connectivity index (χ2v) is 9.13. The van der Waals surface area contributed by atoms with Gasteiger partial charge in [0.05, 0.1) is 18.2 Å². The van der Waals surface area contributed by atoms with Crippen molar-refractivity contribution in [3.63, 3.8) is 0 Å². The molecule has 1 atom stereocenters. The summed E-state index contributed by atoms with van der Waals surface area (Å²) in [6.45, 7) is 2.60. The number of ether oxygens (including phenoxy) is 2. The van der Waals surface area contributed by atoms with Gasteiger partial charge in [-0.3, -0.25) is 0 Å². The third-order valence-corrected chi connectivity index (χ3v) is 6.52. The summed E-state index contributed by atoms with van der Waals surface area (Å²) in [5, 5.41) is 2.57. The van der Waals surface area contributed by atoms with E-state index in [1.54, 1.807) is 25.1 Å². The van der Waals surface area contributed by atoms with Gasteiger partial charge >= 0.3 is 12.2 Å². The Labute approximate surface area is 220 Å². The van der Waals surface area contributed by atoms with Gasteiger partial charge in [0.15, 0.2) is 17.4 Å². The highest BCUT2D eigenvalue weighted by atomic mass is 19.4. The summed E-state index contributed by atoms with van der Waals surface area (Å²) in [5.41, 5.74) is -0.215. The van der Waals surface area contributed by atoms with E-state index < -0.39 is 29.4 Å². The SMILES string of the molecule is COc1ccc2c(c1)C(N1CCN(C(=O)Nc3ccc(F)c(F)c3)[C@H](C)C1)=Nc1cc(C(F)(F)F)ccc1O2. The Morgan fingerprint density at radius 1 is 1.03 bits per heavy atom. The maximum atomic E-state index is 13.6. The first-order valence-electron chi connectivity index (χ1n) is 12.0. The standard InChI is InChI=1S/C27H23F5N4O3/c1-15-14-35(9-10-36(15)26(37)33-17-4-6-20(28)21(29)12-17)25-19-13-18(38-2)5-8-23(19)39-24-7-3-16(27(30,31)32)11-22(24)34-25/h3-8,11-13,15H,9-10,14H2,1-2H3,(H,33,37)/t15-/m1/s1. The zero-order valence-electron chi connectivity index (χ0n) is 20.9. The molecule has 204 valence electrons. The molecule has 0 bridgehead atoms. The molecular formula is C27H23F5N4O3. The molecule has 1 saturated heterocycles. The van der Waals surface area contributed by atoms with Crippen LogP contribution in [0.4, 0.5) is 38.1 Å². The van der Waals surface area contributed by atoms with E-state index in [-0.39, 0.29) is 36.3 Å². The molecule has 2 aliphatic heterocycles. The van der Waals surface area contributed by atoms with Crippen molar-refractivity contribution >= 4 is 23.2 Å². The minimum Gasteiger partial charge on any atom is -0.497 e. The van der Waals surface area contributed by atoms with E-state index in [2.05, 4.69) is 10.3 Å². The van der Waals surface area contributed by atoms with Crippen LogP contribution in [0.15, 0.2) is 59.6 Å². The van der Waals surface area contributed by atoms with Crippen LogP contribution in [0.25, 0.3) is 0 Å². The molecule has 1 N–H and O–H groups in total. The highest BCUT2D eigenvalue weighted by Crippen LogP contribution is 2.42. The number of benzene rings is 3. The Bertz CT molecular complexity index is 1460. The smallest absolute Gasteiger partial charge is 0.416 e. The largest absolute Gasteiger partial charge is 0.497 e. The summed E-state index contributed by atoms with van der Waals surface area (Å²) < 4.78 is 78.5. The molecule has 7 nitrogen and oxygen atoms in total. The number of nitrogens with zero attached hydrogens (tertiary/aromatic N) is 3. The van der Waals surface area contributed by atoms with Crippen LogP contribution in [-0.2, 0) is 6.18 Å². The number of alkyl halides is 3. The summed E-state index contributed by atoms with van der Waals surface area (Å²) >= 11 is 0. The third-order valence-electron chi connectivity index (χ3n) is 6.52. The molecule has 0 aliphatic carbocycles. The van der Waals surface area contributed by atoms with Crippen LogP contribution in [0.5, 0.6) is 17.2 Å². The van der Waals surface area contributed by atoms with Crippen molar-refractivity contribution in [3.05, 3.63) is 77.4 Å². The number of urea groups is 1. The lowest BCUT2D eigenvalue weighted by Crippen LogP contribution is -2.56. The number of hydrogen-bond acceptors (Lipinski definition) is 5. The number of methoxy groups -OCH3 is 1. The van der Waals surface area contributed by atoms with Crippen LogP contribution in [0.3, 0.4) is 0 Å². The van der Waals surface area contributed by atoms with E-state index >= 15 is 0 Å². The number of amidine groups is 1. The van der Waals surface area contributed by atoms with Crippen LogP contribution in [0.1, 0.15) is 18.1 Å². The molecule has 0 aromatic heterocycles. The second kappa shape index (κ2) is 10.1. The van der Waals surface area contributed by atoms with Gasteiger partial charge in [-0.2, -0.15) is 13.2 Å². The van der Waals surface area contributed by atoms with Crippen molar-refractivity contribution < 1.29 is 36.2 Å². The van der Waals surface area contributed by atoms with Gasteiger partial charge in [0.25, 0.3) is 0 Å². The lowest BCUT2D eigenvalue weighted by molar-refractivity contribution is -0.137. The number of rotatable bonds is 2. The third kappa shape index (κ3) is 5.31. The van der Waals surface area contributed by atoms with Crippen molar-refractivity contribution in [1.29, 1.82) is 0 Å². The van der Waals surface area contributed by atoms with Crippen LogP contribution in [-0.4, -0.2) is 54.5 Å². The zero-order valence-corrected chi connectivity index (χ0v) is 20.9. The first-order valence-corrected chi connectivity index (χ1v) is 12.0. The molecule has 1 fully saturated rings. The van der Waals surface area contributed by atoms with Crippen molar-refractivity contribution in [3.8, 4) is 17.2 Å². The summed E-state index contributed by atoms with van der Waals surface area (Å²) in [7, 11) is 1.49. The zero-order chi connectivity index (χ0) is 27.9. The fraction of sp³-hybridized carbons (Fsp3) is 0.259. The fourth-order valence-corrected chi connectivity index (χ4v) is 4.52. The molecule has 3 aromatic carbocycles. The Hall–Kier alpha value is -4.35. The molecule has 2 heterocycles. The quantitative estimate of drug-likeness (QED) is 0.377. The van der Waals surface area contributed by atoms with Gasteiger partial charge in [-0.1, -0.05) is 0 Å². The number of nitrogens with one attached hydrogen (secondary N) is 1. The predicted molar refractivity (Wildman–Crippen MR) is 134 cm³/mol. The molecule has 0 spiro atoms. The van der Waals surface area contributed by atoms with Gasteiger partial charge in [-0.15, -0.1) is 0 Å². The number of halogens is 5. The minimum absolute atomic E-state index is 0.0150. The Morgan fingerprint density at radius 2 is 1.79 bits per heavy atom. The van der Waals surface area contributed by atoms with Crippen molar-refractivity contribution in [2.45, 2.75) is 19.1 Å². The molecule has 39 heavy (non-hydrogen) atoms. The highest BCUT2D eigenvalue weighted by molar-refractivity contribution is 6.04. The Morgan fingerprint density at radius 3 is 2.49 bits per heavy atom. The monoisotopic (exact) mass is 546 g/mol. The van der Waals surface area contributed by atoms with Crippen LogP contribution < -0.4 is 14.8 Å². The van der Waals surface area contributed by atoms with E-state index in [1.165, 1.54) is 24.1 Å². The first-order chi connectivity index (χ1) is 18.5. The van der Waals surface area contributed by atoms with Gasteiger partial charge in [-0.05, 0) is 55.5 Å². The fourth-order valence-electron chi connectivity index (χ4n) is 4.52. The predicted octanol–water partition coefficient (Wildman–Crippen LogP) is 6.41. The van der Waals surface area contributed by atoms with E-state index in [9.17, 15) is 26.7 Å². The number of aliphatic imine (C=N–C) groups is 1. The van der Waals surface area contributed by atoms with E-state index in [4.69, 9.17) is 9.47 Å². The van der Waals surface area contributed by atoms with Crippen molar-refractivity contribution in [2.75, 3.05) is 32.1 Å². The summed E-state index contributed by atoms with van der Waals surface area (Å²) in [5.74, 6) is -0.674. The number of carbonyl (C=O) groups is 1. The molecule has 0 radical (unpaired) electrons. The molecule has 5 rings (SSSR count). The summed E-state index contributed by atoms with van der Waals surface area (Å²) in [6, 6.07) is 10.3. The maximum Gasteiger partial charge on any atom is 0.416 e.